The standard InChI is InChI=1S/C14H13NS/c1-2-9-3-4-14-12(5-9)13(8-16-14)11-6-10(11)7-15/h3-5,8,10-11H,2,6H2,1H3/t10-,11+/m0/s1. The van der Waals surface area contributed by atoms with E-state index in [1.54, 1.807) is 11.3 Å². The van der Waals surface area contributed by atoms with E-state index in [1.807, 2.05) is 0 Å². The molecule has 1 heterocycles. The summed E-state index contributed by atoms with van der Waals surface area (Å²) in [6.45, 7) is 2.18. The summed E-state index contributed by atoms with van der Waals surface area (Å²) in [6.07, 6.45) is 2.14. The van der Waals surface area contributed by atoms with Gasteiger partial charge in [-0.3, -0.25) is 0 Å². The predicted octanol–water partition coefficient (Wildman–Crippen LogP) is 4.09. The van der Waals surface area contributed by atoms with Crippen LogP contribution >= 0.6 is 11.3 Å². The Balaban J connectivity index is 2.09. The van der Waals surface area contributed by atoms with E-state index in [9.17, 15) is 0 Å². The molecular weight excluding hydrogens is 214 g/mol. The molecule has 2 heteroatoms. The number of hydrogen-bond donors (Lipinski definition) is 0. The second-order valence-electron chi connectivity index (χ2n) is 4.45. The van der Waals surface area contributed by atoms with Gasteiger partial charge in [0.05, 0.1) is 12.0 Å². The third-order valence-corrected chi connectivity index (χ3v) is 4.41. The number of hydrogen-bond acceptors (Lipinski definition) is 2. The van der Waals surface area contributed by atoms with Crippen molar-refractivity contribution in [3.8, 4) is 6.07 Å². The number of rotatable bonds is 2. The van der Waals surface area contributed by atoms with Crippen LogP contribution in [-0.2, 0) is 6.42 Å². The van der Waals surface area contributed by atoms with Crippen LogP contribution in [0.3, 0.4) is 0 Å². The highest BCUT2D eigenvalue weighted by molar-refractivity contribution is 7.17. The lowest BCUT2D eigenvalue weighted by Gasteiger charge is -1.99. The fourth-order valence-corrected chi connectivity index (χ4v) is 3.29. The Morgan fingerprint density at radius 1 is 1.50 bits per heavy atom. The quantitative estimate of drug-likeness (QED) is 0.758. The average molecular weight is 227 g/mol. The maximum atomic E-state index is 8.90. The molecule has 0 unspecified atom stereocenters. The molecule has 0 N–H and O–H groups in total. The zero-order chi connectivity index (χ0) is 11.1. The summed E-state index contributed by atoms with van der Waals surface area (Å²) in [5, 5.41) is 12.5. The number of nitriles is 1. The van der Waals surface area contributed by atoms with Crippen LogP contribution in [0.5, 0.6) is 0 Å². The molecule has 0 radical (unpaired) electrons. The van der Waals surface area contributed by atoms with Gasteiger partial charge in [0.2, 0.25) is 0 Å². The smallest absolute Gasteiger partial charge is 0.0662 e. The van der Waals surface area contributed by atoms with E-state index in [0.717, 1.165) is 12.8 Å². The fraction of sp³-hybridized carbons (Fsp3) is 0.357. The largest absolute Gasteiger partial charge is 0.198 e. The van der Waals surface area contributed by atoms with E-state index in [1.165, 1.54) is 21.2 Å². The van der Waals surface area contributed by atoms with E-state index in [0.29, 0.717) is 5.92 Å². The van der Waals surface area contributed by atoms with Gasteiger partial charge in [-0.1, -0.05) is 19.1 Å². The third kappa shape index (κ3) is 1.44. The minimum absolute atomic E-state index is 0.267. The van der Waals surface area contributed by atoms with E-state index >= 15 is 0 Å². The summed E-state index contributed by atoms with van der Waals surface area (Å²) in [7, 11) is 0. The van der Waals surface area contributed by atoms with Gasteiger partial charge in [-0.05, 0) is 40.8 Å². The van der Waals surface area contributed by atoms with E-state index in [-0.39, 0.29) is 5.92 Å². The first-order valence-electron chi connectivity index (χ1n) is 5.73. The molecule has 0 spiro atoms. The lowest BCUT2D eigenvalue weighted by molar-refractivity contribution is 1.04. The van der Waals surface area contributed by atoms with Crippen molar-refractivity contribution in [1.29, 1.82) is 5.26 Å². The number of benzene rings is 1. The maximum absolute atomic E-state index is 8.90. The SMILES string of the molecule is CCc1ccc2scc([C@@H]3C[C@H]3C#N)c2c1. The summed E-state index contributed by atoms with van der Waals surface area (Å²) in [4.78, 5) is 0. The minimum atomic E-state index is 0.267. The predicted molar refractivity (Wildman–Crippen MR) is 67.7 cm³/mol. The normalized spacial score (nSPS) is 23.2. The summed E-state index contributed by atoms with van der Waals surface area (Å²) in [5.41, 5.74) is 2.79. The second-order valence-corrected chi connectivity index (χ2v) is 5.36. The van der Waals surface area contributed by atoms with Gasteiger partial charge in [-0.2, -0.15) is 5.26 Å². The van der Waals surface area contributed by atoms with Crippen LogP contribution in [0.2, 0.25) is 0 Å². The molecule has 1 aliphatic rings. The monoisotopic (exact) mass is 227 g/mol. The molecule has 0 aliphatic heterocycles. The van der Waals surface area contributed by atoms with E-state index < -0.39 is 0 Å². The maximum Gasteiger partial charge on any atom is 0.0662 e. The summed E-state index contributed by atoms with van der Waals surface area (Å²) in [6, 6.07) is 9.09. The van der Waals surface area contributed by atoms with Crippen molar-refractivity contribution in [1.82, 2.24) is 0 Å². The van der Waals surface area contributed by atoms with Crippen molar-refractivity contribution in [3.63, 3.8) is 0 Å². The Morgan fingerprint density at radius 3 is 3.06 bits per heavy atom. The first-order valence-corrected chi connectivity index (χ1v) is 6.61. The molecule has 1 aromatic heterocycles. The van der Waals surface area contributed by atoms with Gasteiger partial charge in [0.15, 0.2) is 0 Å². The molecule has 1 nitrogen and oxygen atoms in total. The van der Waals surface area contributed by atoms with Crippen molar-refractivity contribution in [2.24, 2.45) is 5.92 Å². The highest BCUT2D eigenvalue weighted by Gasteiger charge is 2.39. The Labute approximate surface area is 99.3 Å². The van der Waals surface area contributed by atoms with Gasteiger partial charge in [-0.15, -0.1) is 11.3 Å². The van der Waals surface area contributed by atoms with Gasteiger partial charge in [0, 0.05) is 10.6 Å². The van der Waals surface area contributed by atoms with Crippen LogP contribution in [0.15, 0.2) is 23.6 Å². The molecule has 3 rings (SSSR count). The highest BCUT2D eigenvalue weighted by Crippen LogP contribution is 2.50. The van der Waals surface area contributed by atoms with Crippen LogP contribution in [0.25, 0.3) is 10.1 Å². The Morgan fingerprint density at radius 2 is 2.38 bits per heavy atom. The van der Waals surface area contributed by atoms with Gasteiger partial charge in [0.25, 0.3) is 0 Å². The minimum Gasteiger partial charge on any atom is -0.198 e. The van der Waals surface area contributed by atoms with Gasteiger partial charge in [0.1, 0.15) is 0 Å². The van der Waals surface area contributed by atoms with Crippen LogP contribution < -0.4 is 0 Å². The molecule has 1 aromatic carbocycles. The van der Waals surface area contributed by atoms with Crippen LogP contribution in [0.1, 0.15) is 30.4 Å². The molecule has 1 aliphatic carbocycles. The molecule has 2 aromatic rings. The fourth-order valence-electron chi connectivity index (χ4n) is 2.28. The second kappa shape index (κ2) is 3.61. The Bertz CT molecular complexity index is 576. The lowest BCUT2D eigenvalue weighted by atomic mass is 10.0. The topological polar surface area (TPSA) is 23.8 Å². The van der Waals surface area contributed by atoms with Crippen molar-refractivity contribution < 1.29 is 0 Å². The zero-order valence-electron chi connectivity index (χ0n) is 9.23. The van der Waals surface area contributed by atoms with Gasteiger partial charge >= 0.3 is 0 Å². The highest BCUT2D eigenvalue weighted by atomic mass is 32.1. The van der Waals surface area contributed by atoms with E-state index in [4.69, 9.17) is 5.26 Å². The summed E-state index contributed by atoms with van der Waals surface area (Å²) < 4.78 is 1.36. The lowest BCUT2D eigenvalue weighted by Crippen LogP contribution is -1.82. The molecule has 1 saturated carbocycles. The van der Waals surface area contributed by atoms with Crippen molar-refractivity contribution >= 4 is 21.4 Å². The third-order valence-electron chi connectivity index (χ3n) is 3.43. The first kappa shape index (κ1) is 9.86. The number of thiophene rings is 1. The molecule has 80 valence electrons. The first-order chi connectivity index (χ1) is 7.83. The Kier molecular flexibility index (Phi) is 2.22. The van der Waals surface area contributed by atoms with Gasteiger partial charge in [-0.25, -0.2) is 0 Å². The number of aryl methyl sites for hydroxylation is 1. The molecule has 1 fully saturated rings. The molecule has 16 heavy (non-hydrogen) atoms. The van der Waals surface area contributed by atoms with Crippen LogP contribution in [0.4, 0.5) is 0 Å². The molecular formula is C14H13NS. The number of fused-ring (bicyclic) bond motifs is 1. The van der Waals surface area contributed by atoms with Gasteiger partial charge < -0.3 is 0 Å². The van der Waals surface area contributed by atoms with Crippen LogP contribution in [-0.4, -0.2) is 0 Å². The average Bonchev–Trinajstić information content (AvgIpc) is 3.00. The Hall–Kier alpha value is -1.33. The van der Waals surface area contributed by atoms with Crippen molar-refractivity contribution in [2.45, 2.75) is 25.7 Å². The molecule has 0 amide bonds. The summed E-state index contributed by atoms with van der Waals surface area (Å²) in [5.74, 6) is 0.772. The van der Waals surface area contributed by atoms with Crippen molar-refractivity contribution in [2.75, 3.05) is 0 Å². The van der Waals surface area contributed by atoms with Crippen LogP contribution in [0, 0.1) is 17.2 Å². The van der Waals surface area contributed by atoms with E-state index in [2.05, 4.69) is 36.6 Å². The molecule has 0 saturated heterocycles. The van der Waals surface area contributed by atoms with Crippen molar-refractivity contribution in [3.05, 3.63) is 34.7 Å². The molecule has 0 bridgehead atoms. The zero-order valence-corrected chi connectivity index (χ0v) is 10.1. The molecule has 2 atom stereocenters. The number of nitrogens with zero attached hydrogens (tertiary/aromatic N) is 1. The summed E-state index contributed by atoms with van der Waals surface area (Å²) >= 11 is 1.80.